The Morgan fingerprint density at radius 2 is 1.83 bits per heavy atom. The number of nitrogens with two attached hydrogens (primary N) is 1. The van der Waals surface area contributed by atoms with E-state index in [0.717, 1.165) is 16.7 Å². The Morgan fingerprint density at radius 1 is 1.10 bits per heavy atom. The maximum absolute atomic E-state index is 14.6. The zero-order valence-electron chi connectivity index (χ0n) is 16.3. The van der Waals surface area contributed by atoms with E-state index in [0.29, 0.717) is 11.3 Å². The van der Waals surface area contributed by atoms with Crippen LogP contribution in [-0.2, 0) is 15.1 Å². The third-order valence-corrected chi connectivity index (χ3v) is 4.81. The number of rotatable bonds is 4. The van der Waals surface area contributed by atoms with E-state index in [1.54, 1.807) is 19.2 Å². The third kappa shape index (κ3) is 4.10. The van der Waals surface area contributed by atoms with Crippen molar-refractivity contribution in [1.82, 2.24) is 0 Å². The van der Waals surface area contributed by atoms with E-state index >= 15 is 0 Å². The quantitative estimate of drug-likeness (QED) is 0.641. The lowest BCUT2D eigenvalue weighted by Gasteiger charge is -2.26. The lowest BCUT2D eigenvalue weighted by molar-refractivity contribution is -0.122. The van der Waals surface area contributed by atoms with Gasteiger partial charge in [-0.2, -0.15) is 0 Å². The van der Waals surface area contributed by atoms with Gasteiger partial charge in [0.15, 0.2) is 5.54 Å². The minimum Gasteiger partial charge on any atom is -0.497 e. The van der Waals surface area contributed by atoms with Gasteiger partial charge in [-0.25, -0.2) is 9.38 Å². The highest BCUT2D eigenvalue weighted by molar-refractivity contribution is 5.76. The number of aliphatic imine (C=N–C) groups is 1. The van der Waals surface area contributed by atoms with Crippen molar-refractivity contribution in [3.63, 3.8) is 0 Å². The van der Waals surface area contributed by atoms with Gasteiger partial charge in [0, 0.05) is 5.56 Å². The Labute approximate surface area is 173 Å². The number of carboxylic acid groups (broad SMARTS) is 1. The molecule has 7 heteroatoms. The van der Waals surface area contributed by atoms with Gasteiger partial charge in [0.2, 0.25) is 0 Å². The summed E-state index contributed by atoms with van der Waals surface area (Å²) >= 11 is 0. The molecule has 154 valence electrons. The molecule has 0 spiro atoms. The van der Waals surface area contributed by atoms with Crippen molar-refractivity contribution < 1.29 is 23.8 Å². The number of amidine groups is 1. The molecule has 0 amide bonds. The fourth-order valence-electron chi connectivity index (χ4n) is 3.40. The number of nitrogens with zero attached hydrogens (tertiary/aromatic N) is 1. The molecule has 1 heterocycles. The molecule has 0 radical (unpaired) electrons. The maximum atomic E-state index is 14.6. The Morgan fingerprint density at radius 3 is 2.47 bits per heavy atom. The summed E-state index contributed by atoms with van der Waals surface area (Å²) in [6.45, 7) is 0.0199. The molecule has 1 aliphatic rings. The summed E-state index contributed by atoms with van der Waals surface area (Å²) in [7, 11) is 1.59. The summed E-state index contributed by atoms with van der Waals surface area (Å²) in [6.07, 6.45) is 0. The minimum absolute atomic E-state index is 0.131. The van der Waals surface area contributed by atoms with Crippen LogP contribution in [0.5, 0.6) is 5.75 Å². The maximum Gasteiger partial charge on any atom is 0.290 e. The third-order valence-electron chi connectivity index (χ3n) is 4.81. The van der Waals surface area contributed by atoms with E-state index in [-0.39, 0.29) is 24.9 Å². The molecular formula is C23H21FN2O4. The van der Waals surface area contributed by atoms with Crippen molar-refractivity contribution >= 4 is 12.5 Å². The Bertz CT molecular complexity index is 1060. The lowest BCUT2D eigenvalue weighted by Crippen LogP contribution is -2.27. The topological polar surface area (TPSA) is 94.1 Å². The molecule has 0 aromatic heterocycles. The van der Waals surface area contributed by atoms with Gasteiger partial charge in [-0.1, -0.05) is 48.5 Å². The number of ether oxygens (including phenoxy) is 2. The molecule has 1 atom stereocenters. The average molecular weight is 408 g/mol. The molecule has 0 bridgehead atoms. The first-order valence-electron chi connectivity index (χ1n) is 9.10. The summed E-state index contributed by atoms with van der Waals surface area (Å²) < 4.78 is 25.4. The second-order valence-corrected chi connectivity index (χ2v) is 6.50. The van der Waals surface area contributed by atoms with Gasteiger partial charge in [0.05, 0.1) is 7.11 Å². The van der Waals surface area contributed by atoms with Crippen molar-refractivity contribution in [3.05, 3.63) is 89.7 Å². The van der Waals surface area contributed by atoms with Gasteiger partial charge in [-0.05, 0) is 41.0 Å². The predicted octanol–water partition coefficient (Wildman–Crippen LogP) is 3.79. The van der Waals surface area contributed by atoms with Gasteiger partial charge < -0.3 is 20.3 Å². The SMILES string of the molecule is COc1cccc(-c2cc(C3(c4ccccc4)COC(N)=N3)ccc2F)c1.O=CO. The van der Waals surface area contributed by atoms with Gasteiger partial charge in [0.25, 0.3) is 12.5 Å². The van der Waals surface area contributed by atoms with E-state index < -0.39 is 5.54 Å². The smallest absolute Gasteiger partial charge is 0.290 e. The highest BCUT2D eigenvalue weighted by Crippen LogP contribution is 2.39. The number of hydrogen-bond donors (Lipinski definition) is 2. The molecular weight excluding hydrogens is 387 g/mol. The molecule has 3 aromatic carbocycles. The van der Waals surface area contributed by atoms with Gasteiger partial charge >= 0.3 is 0 Å². The number of carbonyl (C=O) groups is 1. The fraction of sp³-hybridized carbons (Fsp3) is 0.130. The number of benzene rings is 3. The average Bonchev–Trinajstić information content (AvgIpc) is 3.18. The van der Waals surface area contributed by atoms with Crippen LogP contribution in [-0.4, -0.2) is 31.3 Å². The first kappa shape index (κ1) is 20.9. The van der Waals surface area contributed by atoms with E-state index in [9.17, 15) is 4.39 Å². The highest BCUT2D eigenvalue weighted by atomic mass is 19.1. The molecule has 6 nitrogen and oxygen atoms in total. The van der Waals surface area contributed by atoms with E-state index in [4.69, 9.17) is 25.1 Å². The summed E-state index contributed by atoms with van der Waals surface area (Å²) in [5.41, 5.74) is 8.00. The van der Waals surface area contributed by atoms with Crippen molar-refractivity contribution in [3.8, 4) is 16.9 Å². The first-order chi connectivity index (χ1) is 14.5. The van der Waals surface area contributed by atoms with E-state index in [2.05, 4.69) is 4.99 Å². The van der Waals surface area contributed by atoms with E-state index in [1.807, 2.05) is 54.6 Å². The zero-order valence-corrected chi connectivity index (χ0v) is 16.3. The molecule has 0 saturated carbocycles. The van der Waals surface area contributed by atoms with Crippen LogP contribution in [0.25, 0.3) is 11.1 Å². The van der Waals surface area contributed by atoms with E-state index in [1.165, 1.54) is 6.07 Å². The fourth-order valence-corrected chi connectivity index (χ4v) is 3.40. The summed E-state index contributed by atoms with van der Waals surface area (Å²) in [5, 5.41) is 6.89. The normalized spacial score (nSPS) is 17.2. The van der Waals surface area contributed by atoms with Gasteiger partial charge in [-0.3, -0.25) is 4.79 Å². The molecule has 3 aromatic rings. The number of hydrogen-bond acceptors (Lipinski definition) is 5. The van der Waals surface area contributed by atoms with Crippen molar-refractivity contribution in [2.24, 2.45) is 10.7 Å². The first-order valence-corrected chi connectivity index (χ1v) is 9.10. The van der Waals surface area contributed by atoms with Gasteiger partial charge in [-0.15, -0.1) is 0 Å². The standard InChI is InChI=1S/C22H19FN2O2.CH2O2/c1-26-18-9-5-6-15(12-18)19-13-17(10-11-20(19)23)22(14-27-21(24)25-22)16-7-3-2-4-8-16;2-1-3/h2-13H,14H2,1H3,(H2,24,25);1H,(H,2,3). The molecule has 4 rings (SSSR count). The largest absolute Gasteiger partial charge is 0.497 e. The van der Waals surface area contributed by atoms with Crippen LogP contribution in [0.3, 0.4) is 0 Å². The lowest BCUT2D eigenvalue weighted by atomic mass is 9.83. The van der Waals surface area contributed by atoms with Crippen LogP contribution in [0.1, 0.15) is 11.1 Å². The molecule has 3 N–H and O–H groups in total. The Kier molecular flexibility index (Phi) is 6.32. The molecule has 0 aliphatic carbocycles. The number of halogens is 1. The van der Waals surface area contributed by atoms with Crippen LogP contribution in [0, 0.1) is 5.82 Å². The minimum atomic E-state index is -0.799. The van der Waals surface area contributed by atoms with Crippen LogP contribution in [0.4, 0.5) is 4.39 Å². The van der Waals surface area contributed by atoms with Crippen molar-refractivity contribution in [1.29, 1.82) is 0 Å². The second kappa shape index (κ2) is 9.09. The van der Waals surface area contributed by atoms with Crippen molar-refractivity contribution in [2.45, 2.75) is 5.54 Å². The zero-order chi connectivity index (χ0) is 21.6. The van der Waals surface area contributed by atoms with Crippen LogP contribution in [0.2, 0.25) is 0 Å². The molecule has 1 unspecified atom stereocenters. The molecule has 30 heavy (non-hydrogen) atoms. The Balaban J connectivity index is 0.000000806. The van der Waals surface area contributed by atoms with Crippen LogP contribution < -0.4 is 10.5 Å². The predicted molar refractivity (Wildman–Crippen MR) is 112 cm³/mol. The monoisotopic (exact) mass is 408 g/mol. The van der Waals surface area contributed by atoms with Crippen LogP contribution >= 0.6 is 0 Å². The number of methoxy groups -OCH3 is 1. The summed E-state index contributed by atoms with van der Waals surface area (Å²) in [5.74, 6) is 0.354. The summed E-state index contributed by atoms with van der Waals surface area (Å²) in [6, 6.07) is 22.2. The Hall–Kier alpha value is -3.87. The second-order valence-electron chi connectivity index (χ2n) is 6.50. The van der Waals surface area contributed by atoms with Crippen molar-refractivity contribution in [2.75, 3.05) is 13.7 Å². The summed E-state index contributed by atoms with van der Waals surface area (Å²) in [4.78, 5) is 12.9. The molecule has 1 aliphatic heterocycles. The molecule has 0 fully saturated rings. The highest BCUT2D eigenvalue weighted by Gasteiger charge is 2.40. The van der Waals surface area contributed by atoms with Gasteiger partial charge in [0.1, 0.15) is 18.2 Å². The molecule has 0 saturated heterocycles. The van der Waals surface area contributed by atoms with Crippen LogP contribution in [0.15, 0.2) is 77.8 Å².